The first-order chi connectivity index (χ1) is 14.4. The number of rotatable bonds is 4. The monoisotopic (exact) mass is 412 g/mol. The molecule has 144 valence electrons. The Morgan fingerprint density at radius 1 is 0.483 bits per heavy atom. The van der Waals surface area contributed by atoms with Crippen molar-refractivity contribution in [1.82, 2.24) is 0 Å². The molecule has 2 atom stereocenters. The van der Waals surface area contributed by atoms with E-state index in [2.05, 4.69) is 121 Å². The average Bonchev–Trinajstić information content (AvgIpc) is 3.23. The van der Waals surface area contributed by atoms with Crippen molar-refractivity contribution >= 4 is 18.9 Å². The normalized spacial score (nSPS) is 20.4. The zero-order chi connectivity index (χ0) is 19.5. The molecule has 0 fully saturated rings. The molecule has 1 aliphatic heterocycles. The molecule has 0 aromatic heterocycles. The maximum atomic E-state index is 2.35. The van der Waals surface area contributed by atoms with Crippen LogP contribution in [0.4, 0.5) is 0 Å². The second kappa shape index (κ2) is 8.14. The van der Waals surface area contributed by atoms with E-state index in [-0.39, 0.29) is 23.7 Å². The topological polar surface area (TPSA) is 0 Å². The van der Waals surface area contributed by atoms with Crippen molar-refractivity contribution < 1.29 is 0 Å². The quantitative estimate of drug-likeness (QED) is 0.354. The minimum absolute atomic E-state index is 0.0167. The molecule has 0 radical (unpaired) electrons. The van der Waals surface area contributed by atoms with Crippen LogP contribution in [0.2, 0.25) is 0 Å². The van der Waals surface area contributed by atoms with E-state index in [1.807, 2.05) is 0 Å². The molecule has 4 aromatic rings. The Hall–Kier alpha value is -2.42. The predicted octanol–water partition coefficient (Wildman–Crippen LogP) is 6.60. The van der Waals surface area contributed by atoms with Gasteiger partial charge in [-0.3, -0.25) is 0 Å². The van der Waals surface area contributed by atoms with Gasteiger partial charge in [0.1, 0.15) is 0 Å². The van der Waals surface area contributed by atoms with Crippen LogP contribution in [0.3, 0.4) is 0 Å². The third kappa shape index (κ3) is 3.31. The molecule has 0 bridgehead atoms. The largest absolute Gasteiger partial charge is 0.125 e. The summed E-state index contributed by atoms with van der Waals surface area (Å²) in [7, 11) is 0.228. The van der Waals surface area contributed by atoms with Crippen LogP contribution >= 0.6 is 0 Å². The first-order valence-electron chi connectivity index (χ1n) is 10.1. The lowest BCUT2D eigenvalue weighted by Gasteiger charge is -2.35. The molecule has 0 amide bonds. The van der Waals surface area contributed by atoms with E-state index in [1.54, 1.807) is 0 Å². The smallest absolute Gasteiger partial charge is 0.0711 e. The molecule has 0 saturated heterocycles. The van der Waals surface area contributed by atoms with E-state index in [1.165, 1.54) is 33.1 Å². The summed E-state index contributed by atoms with van der Waals surface area (Å²) in [6.45, 7) is 0. The van der Waals surface area contributed by atoms with Crippen molar-refractivity contribution in [2.45, 2.75) is 21.0 Å². The molecule has 0 aliphatic carbocycles. The predicted molar refractivity (Wildman–Crippen MR) is 127 cm³/mol. The molecule has 5 rings (SSSR count). The summed E-state index contributed by atoms with van der Waals surface area (Å²) >= 11 is 0. The van der Waals surface area contributed by atoms with Crippen molar-refractivity contribution in [3.8, 4) is 0 Å². The van der Waals surface area contributed by atoms with Crippen LogP contribution in [-0.4, -0.2) is 5.75 Å². The highest BCUT2D eigenvalue weighted by atomic mass is 32.9. The zero-order valence-electron chi connectivity index (χ0n) is 16.3. The lowest BCUT2D eigenvalue weighted by Crippen LogP contribution is -2.30. The van der Waals surface area contributed by atoms with Gasteiger partial charge < -0.3 is 0 Å². The highest BCUT2D eigenvalue weighted by molar-refractivity contribution is 8.45. The summed E-state index contributed by atoms with van der Waals surface area (Å²) in [4.78, 5) is 2.97. The van der Waals surface area contributed by atoms with Gasteiger partial charge >= 0.3 is 0 Å². The maximum Gasteiger partial charge on any atom is 0.0711 e. The molecular weight excluding hydrogens is 388 g/mol. The summed E-state index contributed by atoms with van der Waals surface area (Å²) in [5, 5.41) is 0. The van der Waals surface area contributed by atoms with Gasteiger partial charge in [-0.1, -0.05) is 97.1 Å². The maximum absolute atomic E-state index is 2.35. The molecule has 1 heterocycles. The molecule has 2 heteroatoms. The Morgan fingerprint density at radius 2 is 0.897 bits per heavy atom. The van der Waals surface area contributed by atoms with Crippen LogP contribution in [0.5, 0.6) is 0 Å². The third-order valence-corrected chi connectivity index (χ3v) is 13.1. The van der Waals surface area contributed by atoms with Crippen LogP contribution in [-0.2, 0) is 23.7 Å². The van der Waals surface area contributed by atoms with E-state index in [0.29, 0.717) is 0 Å². The Bertz CT molecular complexity index is 1080. The Morgan fingerprint density at radius 3 is 1.38 bits per heavy atom. The molecule has 1 aliphatic rings. The number of benzene rings is 4. The standard InChI is InChI=1S/C27H24S2/c1-5-13-23(14-6-1)27(24-15-7-2-8-16-24)21-22-28(25-17-9-3-10-18-25)29(27)26-19-11-4-12-20-26/h1-20H,21-22H2. The third-order valence-electron chi connectivity index (χ3n) is 5.60. The van der Waals surface area contributed by atoms with Crippen molar-refractivity contribution in [1.29, 1.82) is 0 Å². The molecule has 0 nitrogen and oxygen atoms in total. The summed E-state index contributed by atoms with van der Waals surface area (Å²) in [6, 6.07) is 44.8. The molecule has 2 unspecified atom stereocenters. The molecule has 29 heavy (non-hydrogen) atoms. The summed E-state index contributed by atoms with van der Waals surface area (Å²) in [6.07, 6.45) is 1.18. The van der Waals surface area contributed by atoms with E-state index in [0.717, 1.165) is 0 Å². The van der Waals surface area contributed by atoms with E-state index < -0.39 is 0 Å². The van der Waals surface area contributed by atoms with Gasteiger partial charge in [0.25, 0.3) is 0 Å². The first-order valence-corrected chi connectivity index (χ1v) is 13.2. The van der Waals surface area contributed by atoms with Crippen molar-refractivity contribution in [2.75, 3.05) is 5.75 Å². The molecular formula is C27H24S2. The lowest BCUT2D eigenvalue weighted by atomic mass is 9.88. The second-order valence-corrected chi connectivity index (χ2v) is 12.7. The van der Waals surface area contributed by atoms with Crippen LogP contribution in [0.15, 0.2) is 131 Å². The minimum Gasteiger partial charge on any atom is -0.125 e. The van der Waals surface area contributed by atoms with Crippen molar-refractivity contribution in [2.24, 2.45) is 0 Å². The Balaban J connectivity index is 1.86. The number of hydrogen-bond donors (Lipinski definition) is 0. The number of hydrogen-bond acceptors (Lipinski definition) is 0. The average molecular weight is 413 g/mol. The van der Waals surface area contributed by atoms with Gasteiger partial charge in [-0.15, -0.1) is 18.9 Å². The van der Waals surface area contributed by atoms with Crippen LogP contribution in [0.1, 0.15) is 17.5 Å². The minimum atomic E-state index is 0.0167. The highest BCUT2D eigenvalue weighted by Gasteiger charge is 2.43. The highest BCUT2D eigenvalue weighted by Crippen LogP contribution is 2.48. The summed E-state index contributed by atoms with van der Waals surface area (Å²) in [5.41, 5.74) is 2.90. The van der Waals surface area contributed by atoms with Crippen LogP contribution < -0.4 is 0 Å². The first kappa shape index (κ1) is 18.6. The van der Waals surface area contributed by atoms with Gasteiger partial charge in [-0.25, -0.2) is 0 Å². The van der Waals surface area contributed by atoms with Gasteiger partial charge in [0.2, 0.25) is 0 Å². The Kier molecular flexibility index (Phi) is 5.22. The van der Waals surface area contributed by atoms with E-state index in [9.17, 15) is 0 Å². The van der Waals surface area contributed by atoms with Gasteiger partial charge in [-0.05, 0) is 41.8 Å². The Labute approximate surface area is 177 Å². The van der Waals surface area contributed by atoms with Gasteiger partial charge in [0, 0.05) is 15.5 Å². The van der Waals surface area contributed by atoms with Gasteiger partial charge in [0.05, 0.1) is 4.75 Å². The SMILES string of the molecule is c1ccc(S2=S(c3ccccc3)C(c3ccccc3)(c3ccccc3)CC2)cc1. The van der Waals surface area contributed by atoms with Crippen molar-refractivity contribution in [3.05, 3.63) is 132 Å². The fourth-order valence-corrected chi connectivity index (χ4v) is 12.9. The summed E-state index contributed by atoms with van der Waals surface area (Å²) in [5.74, 6) is 1.23. The molecule has 0 saturated carbocycles. The molecule has 0 spiro atoms. The van der Waals surface area contributed by atoms with Gasteiger partial charge in [-0.2, -0.15) is 0 Å². The fourth-order valence-electron chi connectivity index (χ4n) is 4.32. The second-order valence-electron chi connectivity index (χ2n) is 7.25. The molecule has 4 aromatic carbocycles. The lowest BCUT2D eigenvalue weighted by molar-refractivity contribution is 0.719. The van der Waals surface area contributed by atoms with Crippen LogP contribution in [0.25, 0.3) is 0 Å². The molecule has 0 N–H and O–H groups in total. The van der Waals surface area contributed by atoms with Gasteiger partial charge in [0.15, 0.2) is 0 Å². The fraction of sp³-hybridized carbons (Fsp3) is 0.111. The zero-order valence-corrected chi connectivity index (χ0v) is 17.9. The van der Waals surface area contributed by atoms with Crippen molar-refractivity contribution in [3.63, 3.8) is 0 Å². The summed E-state index contributed by atoms with van der Waals surface area (Å²) < 4.78 is 0.0167. The van der Waals surface area contributed by atoms with Crippen LogP contribution in [0, 0.1) is 0 Å². The van der Waals surface area contributed by atoms with E-state index >= 15 is 0 Å². The van der Waals surface area contributed by atoms with E-state index in [4.69, 9.17) is 0 Å².